The lowest BCUT2D eigenvalue weighted by Crippen LogP contribution is -1.83. The quantitative estimate of drug-likeness (QED) is 0.554. The van der Waals surface area contributed by atoms with E-state index in [0.717, 1.165) is 0 Å². The molecule has 2 rings (SSSR count). The average Bonchev–Trinajstić information content (AvgIpc) is 2.69. The maximum Gasteiger partial charge on any atom is 0.112 e. The van der Waals surface area contributed by atoms with Crippen molar-refractivity contribution in [2.24, 2.45) is 4.99 Å². The molecule has 0 bridgehead atoms. The zero-order valence-electron chi connectivity index (χ0n) is 5.91. The molecule has 1 aromatic carbocycles. The molecule has 1 aliphatic heterocycles. The van der Waals surface area contributed by atoms with Crippen LogP contribution in [0.2, 0.25) is 0 Å². The van der Waals surface area contributed by atoms with Crippen LogP contribution in [0.3, 0.4) is 0 Å². The molecule has 0 saturated carbocycles. The van der Waals surface area contributed by atoms with E-state index >= 15 is 0 Å². The Labute approximate surface area is 60.4 Å². The molecule has 1 unspecified atom stereocenters. The Morgan fingerprint density at radius 2 is 1.80 bits per heavy atom. The van der Waals surface area contributed by atoms with Gasteiger partial charge in [-0.1, -0.05) is 30.3 Å². The molecule has 0 fully saturated rings. The standard InChI is InChI=1S/C9H9N/c1-7-9(10-7)8-5-3-2-4-6-8/h2-6,9H,1H3. The van der Waals surface area contributed by atoms with Gasteiger partial charge in [0.2, 0.25) is 0 Å². The highest BCUT2D eigenvalue weighted by Gasteiger charge is 2.23. The lowest BCUT2D eigenvalue weighted by atomic mass is 10.1. The summed E-state index contributed by atoms with van der Waals surface area (Å²) in [5, 5.41) is 0. The number of aliphatic imine (C=N–C) groups is 1. The van der Waals surface area contributed by atoms with Crippen LogP contribution in [0, 0.1) is 0 Å². The normalized spacial score (nSPS) is 22.1. The van der Waals surface area contributed by atoms with Crippen molar-refractivity contribution in [3.05, 3.63) is 35.9 Å². The molecule has 1 aliphatic rings. The molecule has 0 spiro atoms. The number of nitrogens with zero attached hydrogens (tertiary/aromatic N) is 1. The Bertz CT molecular complexity index is 261. The van der Waals surface area contributed by atoms with Crippen molar-refractivity contribution in [1.29, 1.82) is 0 Å². The van der Waals surface area contributed by atoms with E-state index in [4.69, 9.17) is 0 Å². The van der Waals surface area contributed by atoms with Crippen molar-refractivity contribution in [3.63, 3.8) is 0 Å². The summed E-state index contributed by atoms with van der Waals surface area (Å²) in [6.07, 6.45) is 0. The second-order valence-electron chi connectivity index (χ2n) is 2.58. The number of rotatable bonds is 1. The summed E-state index contributed by atoms with van der Waals surface area (Å²) in [6, 6.07) is 10.8. The van der Waals surface area contributed by atoms with Crippen molar-refractivity contribution < 1.29 is 0 Å². The van der Waals surface area contributed by atoms with E-state index in [1.54, 1.807) is 0 Å². The van der Waals surface area contributed by atoms with Gasteiger partial charge in [0, 0.05) is 5.71 Å². The van der Waals surface area contributed by atoms with Crippen LogP contribution in [-0.4, -0.2) is 5.71 Å². The highest BCUT2D eigenvalue weighted by molar-refractivity contribution is 5.99. The van der Waals surface area contributed by atoms with Crippen molar-refractivity contribution in [3.8, 4) is 0 Å². The fourth-order valence-corrected chi connectivity index (χ4v) is 1.12. The van der Waals surface area contributed by atoms with E-state index in [1.165, 1.54) is 11.3 Å². The Kier molecular flexibility index (Phi) is 1.10. The van der Waals surface area contributed by atoms with E-state index in [9.17, 15) is 0 Å². The van der Waals surface area contributed by atoms with Gasteiger partial charge < -0.3 is 0 Å². The number of hydrogen-bond donors (Lipinski definition) is 0. The first kappa shape index (κ1) is 5.66. The third-order valence-corrected chi connectivity index (χ3v) is 1.78. The Morgan fingerprint density at radius 1 is 1.20 bits per heavy atom. The summed E-state index contributed by atoms with van der Waals surface area (Å²) in [5.41, 5.74) is 2.58. The van der Waals surface area contributed by atoms with Crippen LogP contribution in [0.4, 0.5) is 0 Å². The SMILES string of the molecule is CC1=NC1c1ccccc1. The van der Waals surface area contributed by atoms with Gasteiger partial charge in [-0.3, -0.25) is 4.99 Å². The van der Waals surface area contributed by atoms with Crippen LogP contribution in [0.1, 0.15) is 18.5 Å². The summed E-state index contributed by atoms with van der Waals surface area (Å²) in [5.74, 6) is 0. The average molecular weight is 131 g/mol. The minimum atomic E-state index is 0.418. The van der Waals surface area contributed by atoms with Gasteiger partial charge in [0.15, 0.2) is 0 Å². The maximum atomic E-state index is 4.24. The summed E-state index contributed by atoms with van der Waals surface area (Å²) >= 11 is 0. The molecule has 1 nitrogen and oxygen atoms in total. The molecule has 50 valence electrons. The van der Waals surface area contributed by atoms with Crippen molar-refractivity contribution >= 4 is 5.71 Å². The molecule has 10 heavy (non-hydrogen) atoms. The van der Waals surface area contributed by atoms with Gasteiger partial charge in [0.25, 0.3) is 0 Å². The van der Waals surface area contributed by atoms with E-state index in [2.05, 4.69) is 36.2 Å². The van der Waals surface area contributed by atoms with E-state index in [0.29, 0.717) is 6.04 Å². The lowest BCUT2D eigenvalue weighted by molar-refractivity contribution is 1.13. The van der Waals surface area contributed by atoms with Crippen molar-refractivity contribution in [2.45, 2.75) is 13.0 Å². The molecule has 1 heterocycles. The Hall–Kier alpha value is -1.11. The molecule has 0 radical (unpaired) electrons. The van der Waals surface area contributed by atoms with E-state index < -0.39 is 0 Å². The van der Waals surface area contributed by atoms with Gasteiger partial charge in [-0.15, -0.1) is 0 Å². The molecular formula is C9H9N. The highest BCUT2D eigenvalue weighted by atomic mass is 15.0. The first-order chi connectivity index (χ1) is 4.88. The Morgan fingerprint density at radius 3 is 2.30 bits per heavy atom. The first-order valence-corrected chi connectivity index (χ1v) is 3.47. The minimum absolute atomic E-state index is 0.418. The molecule has 1 aromatic rings. The van der Waals surface area contributed by atoms with Crippen molar-refractivity contribution in [2.75, 3.05) is 0 Å². The van der Waals surface area contributed by atoms with Crippen LogP contribution in [0.15, 0.2) is 35.3 Å². The Balaban J connectivity index is 2.22. The highest BCUT2D eigenvalue weighted by Crippen LogP contribution is 2.29. The molecule has 0 amide bonds. The van der Waals surface area contributed by atoms with E-state index in [-0.39, 0.29) is 0 Å². The van der Waals surface area contributed by atoms with Gasteiger partial charge in [-0.2, -0.15) is 0 Å². The molecule has 0 saturated heterocycles. The predicted molar refractivity (Wildman–Crippen MR) is 42.3 cm³/mol. The van der Waals surface area contributed by atoms with Crippen LogP contribution in [0.5, 0.6) is 0 Å². The summed E-state index contributed by atoms with van der Waals surface area (Å²) in [4.78, 5) is 4.24. The summed E-state index contributed by atoms with van der Waals surface area (Å²) in [6.45, 7) is 2.07. The largest absolute Gasteiger partial charge is 0.278 e. The molecule has 0 aromatic heterocycles. The van der Waals surface area contributed by atoms with E-state index in [1.807, 2.05) is 6.07 Å². The van der Waals surface area contributed by atoms with Gasteiger partial charge in [-0.05, 0) is 12.5 Å². The fraction of sp³-hybridized carbons (Fsp3) is 0.222. The van der Waals surface area contributed by atoms with Crippen LogP contribution in [0.25, 0.3) is 0 Å². The smallest absolute Gasteiger partial charge is 0.112 e. The molecule has 0 aliphatic carbocycles. The summed E-state index contributed by atoms with van der Waals surface area (Å²) in [7, 11) is 0. The monoisotopic (exact) mass is 131 g/mol. The molecule has 1 heteroatoms. The van der Waals surface area contributed by atoms with Crippen LogP contribution < -0.4 is 0 Å². The first-order valence-electron chi connectivity index (χ1n) is 3.47. The zero-order valence-corrected chi connectivity index (χ0v) is 5.91. The van der Waals surface area contributed by atoms with Gasteiger partial charge in [0.1, 0.15) is 6.04 Å². The second-order valence-corrected chi connectivity index (χ2v) is 2.58. The number of benzene rings is 1. The minimum Gasteiger partial charge on any atom is -0.278 e. The molecule has 0 N–H and O–H groups in total. The topological polar surface area (TPSA) is 12.4 Å². The molecular weight excluding hydrogens is 122 g/mol. The maximum absolute atomic E-state index is 4.24. The second kappa shape index (κ2) is 1.94. The predicted octanol–water partition coefficient (Wildman–Crippen LogP) is 2.20. The third-order valence-electron chi connectivity index (χ3n) is 1.78. The molecule has 1 atom stereocenters. The van der Waals surface area contributed by atoms with Gasteiger partial charge in [-0.25, -0.2) is 0 Å². The third kappa shape index (κ3) is 0.838. The zero-order chi connectivity index (χ0) is 6.97. The summed E-state index contributed by atoms with van der Waals surface area (Å²) < 4.78 is 0. The van der Waals surface area contributed by atoms with Crippen LogP contribution in [-0.2, 0) is 0 Å². The van der Waals surface area contributed by atoms with Gasteiger partial charge in [0.05, 0.1) is 0 Å². The van der Waals surface area contributed by atoms with Gasteiger partial charge >= 0.3 is 0 Å². The number of hydrogen-bond acceptors (Lipinski definition) is 1. The lowest BCUT2D eigenvalue weighted by Gasteiger charge is -1.92. The fourth-order valence-electron chi connectivity index (χ4n) is 1.12. The van der Waals surface area contributed by atoms with Crippen molar-refractivity contribution in [1.82, 2.24) is 0 Å². The van der Waals surface area contributed by atoms with Crippen LogP contribution >= 0.6 is 0 Å².